The highest BCUT2D eigenvalue weighted by molar-refractivity contribution is 7.99. The molecule has 140 valence electrons. The number of amides is 1. The van der Waals surface area contributed by atoms with E-state index in [0.29, 0.717) is 10.7 Å². The van der Waals surface area contributed by atoms with Crippen LogP contribution in [0.15, 0.2) is 59.8 Å². The number of benzene rings is 2. The highest BCUT2D eigenvalue weighted by Gasteiger charge is 2.14. The number of rotatable bonds is 8. The van der Waals surface area contributed by atoms with E-state index in [2.05, 4.69) is 39.1 Å². The van der Waals surface area contributed by atoms with Gasteiger partial charge in [-0.05, 0) is 24.1 Å². The summed E-state index contributed by atoms with van der Waals surface area (Å²) < 4.78 is 2.10. The summed E-state index contributed by atoms with van der Waals surface area (Å²) in [5.41, 5.74) is 1.81. The lowest BCUT2D eigenvalue weighted by Crippen LogP contribution is -2.15. The second-order valence-electron chi connectivity index (χ2n) is 6.03. The quantitative estimate of drug-likeness (QED) is 0.558. The van der Waals surface area contributed by atoms with Crippen molar-refractivity contribution in [3.63, 3.8) is 0 Å². The van der Waals surface area contributed by atoms with Crippen LogP contribution in [0.3, 0.4) is 0 Å². The van der Waals surface area contributed by atoms with Crippen LogP contribution in [0.5, 0.6) is 0 Å². The van der Waals surface area contributed by atoms with Gasteiger partial charge in [0.2, 0.25) is 5.91 Å². The lowest BCUT2D eigenvalue weighted by Gasteiger charge is -2.09. The number of para-hydroxylation sites is 1. The van der Waals surface area contributed by atoms with Crippen molar-refractivity contribution in [3.8, 4) is 0 Å². The van der Waals surface area contributed by atoms with Crippen LogP contribution < -0.4 is 5.32 Å². The fraction of sp³-hybridized carbons (Fsp3) is 0.250. The van der Waals surface area contributed by atoms with E-state index in [-0.39, 0.29) is 11.7 Å². The van der Waals surface area contributed by atoms with Crippen molar-refractivity contribution in [1.82, 2.24) is 14.8 Å². The third kappa shape index (κ3) is 5.34. The third-order valence-corrected chi connectivity index (χ3v) is 5.22. The van der Waals surface area contributed by atoms with Gasteiger partial charge in [0.05, 0.1) is 16.5 Å². The predicted molar refractivity (Wildman–Crippen MR) is 110 cm³/mol. The molecule has 0 aliphatic carbocycles. The molecule has 7 heteroatoms. The summed E-state index contributed by atoms with van der Waals surface area (Å²) in [6.45, 7) is 2.94. The van der Waals surface area contributed by atoms with Crippen LogP contribution in [0.2, 0.25) is 5.02 Å². The van der Waals surface area contributed by atoms with Gasteiger partial charge in [-0.2, -0.15) is 0 Å². The minimum absolute atomic E-state index is 0.122. The van der Waals surface area contributed by atoms with Crippen molar-refractivity contribution in [2.45, 2.75) is 31.5 Å². The second kappa shape index (κ2) is 9.58. The zero-order valence-electron chi connectivity index (χ0n) is 15.1. The van der Waals surface area contributed by atoms with E-state index in [9.17, 15) is 4.79 Å². The molecule has 3 rings (SSSR count). The fourth-order valence-corrected chi connectivity index (χ4v) is 3.63. The Bertz CT molecular complexity index is 898. The van der Waals surface area contributed by atoms with Crippen molar-refractivity contribution in [3.05, 3.63) is 71.0 Å². The molecule has 1 heterocycles. The largest absolute Gasteiger partial charge is 0.324 e. The first kappa shape index (κ1) is 19.5. The fourth-order valence-electron chi connectivity index (χ4n) is 2.66. The Kier molecular flexibility index (Phi) is 6.90. The van der Waals surface area contributed by atoms with Crippen LogP contribution in [-0.4, -0.2) is 26.4 Å². The molecule has 0 saturated carbocycles. The standard InChI is InChI=1S/C20H21ClN4OS/c1-2-12-25-18(13-15-8-4-3-5-9-15)23-24-20(25)27-14-19(26)22-17-11-7-6-10-16(17)21/h3-11H,2,12-14H2,1H3,(H,22,26). The van der Waals surface area contributed by atoms with Gasteiger partial charge in [-0.15, -0.1) is 10.2 Å². The summed E-state index contributed by atoms with van der Waals surface area (Å²) in [6.07, 6.45) is 1.69. The smallest absolute Gasteiger partial charge is 0.234 e. The van der Waals surface area contributed by atoms with E-state index in [1.165, 1.54) is 17.3 Å². The molecule has 0 saturated heterocycles. The normalized spacial score (nSPS) is 10.7. The highest BCUT2D eigenvalue weighted by atomic mass is 35.5. The summed E-state index contributed by atoms with van der Waals surface area (Å²) >= 11 is 7.47. The molecule has 1 N–H and O–H groups in total. The van der Waals surface area contributed by atoms with E-state index in [4.69, 9.17) is 11.6 Å². The lowest BCUT2D eigenvalue weighted by atomic mass is 10.1. The number of aromatic nitrogens is 3. The number of hydrogen-bond donors (Lipinski definition) is 1. The number of carbonyl (C=O) groups excluding carboxylic acids is 1. The Morgan fingerprint density at radius 3 is 2.59 bits per heavy atom. The minimum Gasteiger partial charge on any atom is -0.324 e. The van der Waals surface area contributed by atoms with Gasteiger partial charge in [0.15, 0.2) is 5.16 Å². The first-order valence-electron chi connectivity index (χ1n) is 8.80. The van der Waals surface area contributed by atoms with E-state index >= 15 is 0 Å². The van der Waals surface area contributed by atoms with Gasteiger partial charge in [-0.1, -0.05) is 72.8 Å². The number of nitrogens with one attached hydrogen (secondary N) is 1. The van der Waals surface area contributed by atoms with Crippen LogP contribution in [0.25, 0.3) is 0 Å². The summed E-state index contributed by atoms with van der Waals surface area (Å²) in [5.74, 6) is 1.04. The number of anilines is 1. The van der Waals surface area contributed by atoms with Crippen molar-refractivity contribution in [1.29, 1.82) is 0 Å². The summed E-state index contributed by atoms with van der Waals surface area (Å²) in [7, 11) is 0. The monoisotopic (exact) mass is 400 g/mol. The Morgan fingerprint density at radius 1 is 1.11 bits per heavy atom. The van der Waals surface area contributed by atoms with Gasteiger partial charge in [-0.25, -0.2) is 0 Å². The number of hydrogen-bond acceptors (Lipinski definition) is 4. The van der Waals surface area contributed by atoms with Gasteiger partial charge >= 0.3 is 0 Å². The lowest BCUT2D eigenvalue weighted by molar-refractivity contribution is -0.113. The van der Waals surface area contributed by atoms with Crippen LogP contribution in [-0.2, 0) is 17.8 Å². The molecule has 5 nitrogen and oxygen atoms in total. The molecule has 0 bridgehead atoms. The average molecular weight is 401 g/mol. The topological polar surface area (TPSA) is 59.8 Å². The SMILES string of the molecule is CCCn1c(Cc2ccccc2)nnc1SCC(=O)Nc1ccccc1Cl. The molecule has 27 heavy (non-hydrogen) atoms. The first-order valence-corrected chi connectivity index (χ1v) is 10.2. The average Bonchev–Trinajstić information content (AvgIpc) is 3.05. The Balaban J connectivity index is 1.65. The van der Waals surface area contributed by atoms with Crippen molar-refractivity contribution in [2.24, 2.45) is 0 Å². The zero-order valence-corrected chi connectivity index (χ0v) is 16.6. The molecule has 2 aromatic carbocycles. The molecule has 3 aromatic rings. The van der Waals surface area contributed by atoms with E-state index in [1.807, 2.05) is 30.3 Å². The van der Waals surface area contributed by atoms with Crippen molar-refractivity contribution < 1.29 is 4.79 Å². The maximum Gasteiger partial charge on any atom is 0.234 e. The number of carbonyl (C=O) groups is 1. The zero-order chi connectivity index (χ0) is 19.1. The van der Waals surface area contributed by atoms with Gasteiger partial charge in [0.25, 0.3) is 0 Å². The van der Waals surface area contributed by atoms with Gasteiger partial charge in [-0.3, -0.25) is 4.79 Å². The molecule has 0 atom stereocenters. The van der Waals surface area contributed by atoms with Gasteiger partial charge < -0.3 is 9.88 Å². The minimum atomic E-state index is -0.122. The Morgan fingerprint density at radius 2 is 1.85 bits per heavy atom. The van der Waals surface area contributed by atoms with Gasteiger partial charge in [0, 0.05) is 13.0 Å². The molecule has 0 spiro atoms. The second-order valence-corrected chi connectivity index (χ2v) is 7.38. The molecule has 0 aliphatic rings. The van der Waals surface area contributed by atoms with E-state index < -0.39 is 0 Å². The molecular formula is C20H21ClN4OS. The molecule has 0 unspecified atom stereocenters. The summed E-state index contributed by atoms with van der Waals surface area (Å²) in [5, 5.41) is 12.8. The molecule has 0 fully saturated rings. The molecular weight excluding hydrogens is 380 g/mol. The van der Waals surface area contributed by atoms with Crippen LogP contribution in [0, 0.1) is 0 Å². The maximum atomic E-state index is 12.3. The van der Waals surface area contributed by atoms with Crippen LogP contribution in [0.1, 0.15) is 24.7 Å². The maximum absolute atomic E-state index is 12.3. The van der Waals surface area contributed by atoms with Crippen LogP contribution in [0.4, 0.5) is 5.69 Å². The van der Waals surface area contributed by atoms with Crippen molar-refractivity contribution >= 4 is 35.0 Å². The van der Waals surface area contributed by atoms with E-state index in [1.54, 1.807) is 12.1 Å². The molecule has 0 radical (unpaired) electrons. The Labute approximate surface area is 168 Å². The first-order chi connectivity index (χ1) is 13.2. The highest BCUT2D eigenvalue weighted by Crippen LogP contribution is 2.22. The molecule has 1 amide bonds. The Hall–Kier alpha value is -2.31. The molecule has 1 aromatic heterocycles. The summed E-state index contributed by atoms with van der Waals surface area (Å²) in [4.78, 5) is 12.3. The molecule has 0 aliphatic heterocycles. The number of halogens is 1. The number of nitrogens with zero attached hydrogens (tertiary/aromatic N) is 3. The predicted octanol–water partition coefficient (Wildman–Crippen LogP) is 4.66. The third-order valence-electron chi connectivity index (χ3n) is 3.93. The number of thioether (sulfide) groups is 1. The van der Waals surface area contributed by atoms with Gasteiger partial charge in [0.1, 0.15) is 5.82 Å². The van der Waals surface area contributed by atoms with Crippen molar-refractivity contribution in [2.75, 3.05) is 11.1 Å². The van der Waals surface area contributed by atoms with E-state index in [0.717, 1.165) is 30.4 Å². The summed E-state index contributed by atoms with van der Waals surface area (Å²) in [6, 6.07) is 17.4. The van der Waals surface area contributed by atoms with Crippen LogP contribution >= 0.6 is 23.4 Å².